The lowest BCUT2D eigenvalue weighted by Gasteiger charge is -2.26. The number of fused-ring (bicyclic) bond motifs is 1. The quantitative estimate of drug-likeness (QED) is 0.823. The number of hydrogen-bond acceptors (Lipinski definition) is 3. The Morgan fingerprint density at radius 1 is 1.23 bits per heavy atom. The van der Waals surface area contributed by atoms with Gasteiger partial charge in [0.05, 0.1) is 5.57 Å². The van der Waals surface area contributed by atoms with Gasteiger partial charge in [0.2, 0.25) is 0 Å². The van der Waals surface area contributed by atoms with Gasteiger partial charge in [0.15, 0.2) is 5.78 Å². The van der Waals surface area contributed by atoms with Crippen LogP contribution in [0.3, 0.4) is 0 Å². The van der Waals surface area contributed by atoms with Crippen molar-refractivity contribution in [3.8, 4) is 5.75 Å². The first kappa shape index (κ1) is 16.3. The molecule has 0 N–H and O–H groups in total. The summed E-state index contributed by atoms with van der Waals surface area (Å²) in [7, 11) is 0. The molecule has 22 heavy (non-hydrogen) atoms. The number of carbonyl (C=O) groups is 1. The molecular formula is C19H25NO2. The monoisotopic (exact) mass is 299 g/mol. The number of allylic oxidation sites excluding steroid dienone is 1. The van der Waals surface area contributed by atoms with Crippen molar-refractivity contribution in [1.29, 1.82) is 0 Å². The number of carbonyl (C=O) groups excluding carboxylic acids is 1. The first-order valence-corrected chi connectivity index (χ1v) is 7.80. The molecule has 3 nitrogen and oxygen atoms in total. The van der Waals surface area contributed by atoms with Crippen LogP contribution in [0.4, 0.5) is 5.69 Å². The molecule has 0 radical (unpaired) electrons. The maximum Gasteiger partial charge on any atom is 0.171 e. The number of benzene rings is 1. The van der Waals surface area contributed by atoms with E-state index in [9.17, 15) is 4.79 Å². The lowest BCUT2D eigenvalue weighted by molar-refractivity contribution is -0.122. The third-order valence-corrected chi connectivity index (χ3v) is 3.88. The largest absolute Gasteiger partial charge is 0.457 e. The molecule has 1 heterocycles. The maximum absolute atomic E-state index is 12.6. The van der Waals surface area contributed by atoms with Crippen LogP contribution in [-0.4, -0.2) is 18.9 Å². The molecule has 0 saturated heterocycles. The normalized spacial score (nSPS) is 14.0. The SMILES string of the molecule is C=C1Oc2ccc(N(CC)CC)cc2C=C1C(=O)C(C)(C)C. The summed E-state index contributed by atoms with van der Waals surface area (Å²) in [6, 6.07) is 6.07. The van der Waals surface area contributed by atoms with E-state index in [4.69, 9.17) is 4.74 Å². The molecule has 0 aliphatic carbocycles. The van der Waals surface area contributed by atoms with E-state index >= 15 is 0 Å². The highest BCUT2D eigenvalue weighted by Crippen LogP contribution is 2.36. The summed E-state index contributed by atoms with van der Waals surface area (Å²) < 4.78 is 5.76. The summed E-state index contributed by atoms with van der Waals surface area (Å²) in [5, 5.41) is 0. The first-order valence-electron chi connectivity index (χ1n) is 7.80. The Balaban J connectivity index is 2.46. The van der Waals surface area contributed by atoms with E-state index in [1.165, 1.54) is 0 Å². The smallest absolute Gasteiger partial charge is 0.171 e. The molecule has 1 aliphatic heterocycles. The van der Waals surface area contributed by atoms with Crippen LogP contribution in [0.15, 0.2) is 36.1 Å². The molecule has 1 aromatic carbocycles. The molecule has 0 unspecified atom stereocenters. The molecule has 118 valence electrons. The van der Waals surface area contributed by atoms with Gasteiger partial charge >= 0.3 is 0 Å². The van der Waals surface area contributed by atoms with Crippen molar-refractivity contribution in [3.63, 3.8) is 0 Å². The number of nitrogens with zero attached hydrogens (tertiary/aromatic N) is 1. The fourth-order valence-corrected chi connectivity index (χ4v) is 2.55. The van der Waals surface area contributed by atoms with Gasteiger partial charge in [-0.1, -0.05) is 27.4 Å². The van der Waals surface area contributed by atoms with Crippen molar-refractivity contribution in [1.82, 2.24) is 0 Å². The van der Waals surface area contributed by atoms with Crippen LogP contribution in [0.25, 0.3) is 6.08 Å². The molecule has 0 fully saturated rings. The molecule has 1 aromatic rings. The Morgan fingerprint density at radius 2 is 1.86 bits per heavy atom. The zero-order chi connectivity index (χ0) is 16.5. The van der Waals surface area contributed by atoms with E-state index in [2.05, 4.69) is 31.4 Å². The van der Waals surface area contributed by atoms with Crippen LogP contribution in [0.1, 0.15) is 40.2 Å². The maximum atomic E-state index is 12.6. The van der Waals surface area contributed by atoms with Crippen LogP contribution in [-0.2, 0) is 4.79 Å². The fourth-order valence-electron chi connectivity index (χ4n) is 2.55. The Bertz CT molecular complexity index is 631. The molecule has 0 atom stereocenters. The van der Waals surface area contributed by atoms with Gasteiger partial charge in [0, 0.05) is 29.8 Å². The lowest BCUT2D eigenvalue weighted by Crippen LogP contribution is -2.25. The van der Waals surface area contributed by atoms with E-state index < -0.39 is 5.41 Å². The van der Waals surface area contributed by atoms with E-state index in [1.807, 2.05) is 39.0 Å². The van der Waals surface area contributed by atoms with Gasteiger partial charge in [-0.05, 0) is 38.1 Å². The predicted molar refractivity (Wildman–Crippen MR) is 92.2 cm³/mol. The van der Waals surface area contributed by atoms with Crippen LogP contribution in [0.5, 0.6) is 5.75 Å². The zero-order valence-electron chi connectivity index (χ0n) is 14.2. The number of ketones is 1. The standard InChI is InChI=1S/C19H25NO2/c1-7-20(8-2)15-9-10-17-14(11-15)12-16(13(3)22-17)18(21)19(4,5)6/h9-12H,3,7-8H2,1-2,4-6H3. The second kappa shape index (κ2) is 5.99. The van der Waals surface area contributed by atoms with Gasteiger partial charge < -0.3 is 9.64 Å². The summed E-state index contributed by atoms with van der Waals surface area (Å²) in [5.74, 6) is 1.24. The third kappa shape index (κ3) is 3.08. The average molecular weight is 299 g/mol. The summed E-state index contributed by atoms with van der Waals surface area (Å²) in [6.45, 7) is 15.8. The van der Waals surface area contributed by atoms with E-state index in [0.717, 1.165) is 30.1 Å². The third-order valence-electron chi connectivity index (χ3n) is 3.88. The molecule has 0 spiro atoms. The first-order chi connectivity index (χ1) is 10.3. The zero-order valence-corrected chi connectivity index (χ0v) is 14.2. The average Bonchev–Trinajstić information content (AvgIpc) is 2.46. The van der Waals surface area contributed by atoms with Crippen molar-refractivity contribution < 1.29 is 9.53 Å². The summed E-state index contributed by atoms with van der Waals surface area (Å²) in [6.07, 6.45) is 1.90. The van der Waals surface area contributed by atoms with Gasteiger partial charge in [-0.3, -0.25) is 4.79 Å². The Kier molecular flexibility index (Phi) is 4.45. The highest BCUT2D eigenvalue weighted by Gasteiger charge is 2.30. The topological polar surface area (TPSA) is 29.5 Å². The van der Waals surface area contributed by atoms with E-state index in [-0.39, 0.29) is 5.78 Å². The molecule has 0 aromatic heterocycles. The van der Waals surface area contributed by atoms with Gasteiger partial charge in [0.1, 0.15) is 11.5 Å². The number of ether oxygens (including phenoxy) is 1. The Morgan fingerprint density at radius 3 is 2.41 bits per heavy atom. The number of hydrogen-bond donors (Lipinski definition) is 0. The van der Waals surface area contributed by atoms with Gasteiger partial charge in [-0.25, -0.2) is 0 Å². The Hall–Kier alpha value is -2.03. The fraction of sp³-hybridized carbons (Fsp3) is 0.421. The van der Waals surface area contributed by atoms with Crippen molar-refractivity contribution in [3.05, 3.63) is 41.7 Å². The Labute approximate surface area is 133 Å². The van der Waals surface area contributed by atoms with Crippen molar-refractivity contribution in [2.24, 2.45) is 5.41 Å². The summed E-state index contributed by atoms with van der Waals surface area (Å²) in [5.41, 5.74) is 2.19. The highest BCUT2D eigenvalue weighted by molar-refractivity contribution is 6.07. The molecule has 1 aliphatic rings. The second-order valence-corrected chi connectivity index (χ2v) is 6.56. The molecule has 0 saturated carbocycles. The predicted octanol–water partition coefficient (Wildman–Crippen LogP) is 4.44. The van der Waals surface area contributed by atoms with Gasteiger partial charge in [-0.2, -0.15) is 0 Å². The molecule has 0 bridgehead atoms. The van der Waals surface area contributed by atoms with Crippen LogP contribution in [0.2, 0.25) is 0 Å². The highest BCUT2D eigenvalue weighted by atomic mass is 16.5. The van der Waals surface area contributed by atoms with E-state index in [0.29, 0.717) is 11.3 Å². The van der Waals surface area contributed by atoms with Crippen molar-refractivity contribution >= 4 is 17.5 Å². The minimum Gasteiger partial charge on any atom is -0.457 e. The van der Waals surface area contributed by atoms with Gasteiger partial charge in [-0.15, -0.1) is 0 Å². The second-order valence-electron chi connectivity index (χ2n) is 6.56. The number of anilines is 1. The summed E-state index contributed by atoms with van der Waals surface area (Å²) in [4.78, 5) is 14.8. The minimum atomic E-state index is -0.452. The lowest BCUT2D eigenvalue weighted by atomic mass is 9.84. The van der Waals surface area contributed by atoms with Crippen LogP contribution < -0.4 is 9.64 Å². The number of Topliss-reactive ketones (excluding diaryl/α,β-unsaturated/α-hetero) is 1. The molecular weight excluding hydrogens is 274 g/mol. The summed E-state index contributed by atoms with van der Waals surface area (Å²) >= 11 is 0. The van der Waals surface area contributed by atoms with Crippen LogP contribution in [0, 0.1) is 5.41 Å². The van der Waals surface area contributed by atoms with Crippen molar-refractivity contribution in [2.75, 3.05) is 18.0 Å². The van der Waals surface area contributed by atoms with E-state index in [1.54, 1.807) is 0 Å². The molecule has 2 rings (SSSR count). The van der Waals surface area contributed by atoms with Gasteiger partial charge in [0.25, 0.3) is 0 Å². The van der Waals surface area contributed by atoms with Crippen molar-refractivity contribution in [2.45, 2.75) is 34.6 Å². The minimum absolute atomic E-state index is 0.0522. The molecule has 0 amide bonds. The van der Waals surface area contributed by atoms with Crippen LogP contribution >= 0.6 is 0 Å². The number of rotatable bonds is 4. The molecule has 3 heteroatoms.